The first-order chi connectivity index (χ1) is 14.1. The molecule has 1 fully saturated rings. The maximum atomic E-state index is 13.2. The van der Waals surface area contributed by atoms with Crippen LogP contribution in [-0.4, -0.2) is 40.9 Å². The summed E-state index contributed by atoms with van der Waals surface area (Å²) in [6.07, 6.45) is 0. The maximum Gasteiger partial charge on any atom is 0.135 e. The second-order valence-corrected chi connectivity index (χ2v) is 9.03. The lowest BCUT2D eigenvalue weighted by atomic mass is 10.1. The van der Waals surface area contributed by atoms with Crippen LogP contribution in [0.5, 0.6) is 5.75 Å². The number of phenolic OH excluding ortho intramolecular Hbond substituents is 1. The van der Waals surface area contributed by atoms with Gasteiger partial charge in [-0.15, -0.1) is 11.8 Å². The van der Waals surface area contributed by atoms with Crippen molar-refractivity contribution >= 4 is 38.6 Å². The molecule has 7 heteroatoms. The Bertz CT molecular complexity index is 1000. The minimum Gasteiger partial charge on any atom is -0.506 e. The molecule has 1 aromatic heterocycles. The molecular weight excluding hydrogens is 455 g/mol. The molecule has 1 N–H and O–H groups in total. The number of hydrogen-bond donors (Lipinski definition) is 1. The maximum absolute atomic E-state index is 13.2. The summed E-state index contributed by atoms with van der Waals surface area (Å²) in [4.78, 5) is 3.36. The van der Waals surface area contributed by atoms with Crippen LogP contribution >= 0.6 is 27.7 Å². The molecule has 2 heterocycles. The van der Waals surface area contributed by atoms with Gasteiger partial charge < -0.3 is 14.4 Å². The Morgan fingerprint density at radius 2 is 1.90 bits per heavy atom. The third-order valence-corrected chi connectivity index (χ3v) is 6.98. The highest BCUT2D eigenvalue weighted by Crippen LogP contribution is 2.38. The molecule has 1 aliphatic heterocycles. The molecule has 1 aliphatic rings. The summed E-state index contributed by atoms with van der Waals surface area (Å²) >= 11 is 5.23. The minimum absolute atomic E-state index is 0.217. The number of halogens is 2. The Morgan fingerprint density at radius 1 is 1.17 bits per heavy atom. The van der Waals surface area contributed by atoms with E-state index >= 15 is 0 Å². The molecule has 3 aromatic rings. The Hall–Kier alpha value is -1.54. The summed E-state index contributed by atoms with van der Waals surface area (Å²) in [7, 11) is 0. The quantitative estimate of drug-likeness (QED) is 0.481. The van der Waals surface area contributed by atoms with Gasteiger partial charge >= 0.3 is 0 Å². The molecule has 0 atom stereocenters. The summed E-state index contributed by atoms with van der Waals surface area (Å²) in [5.41, 5.74) is 3.27. The Labute approximate surface area is 182 Å². The first-order valence-corrected chi connectivity index (χ1v) is 11.6. The zero-order valence-electron chi connectivity index (χ0n) is 16.3. The van der Waals surface area contributed by atoms with Crippen molar-refractivity contribution in [2.75, 3.05) is 26.3 Å². The van der Waals surface area contributed by atoms with Gasteiger partial charge in [0, 0.05) is 59.0 Å². The van der Waals surface area contributed by atoms with Gasteiger partial charge in [0.05, 0.1) is 17.7 Å². The number of morpholine rings is 1. The van der Waals surface area contributed by atoms with E-state index < -0.39 is 0 Å². The number of benzene rings is 2. The van der Waals surface area contributed by atoms with Crippen LogP contribution in [-0.2, 0) is 23.6 Å². The van der Waals surface area contributed by atoms with E-state index in [9.17, 15) is 9.50 Å². The van der Waals surface area contributed by atoms with Crippen LogP contribution in [0.4, 0.5) is 4.39 Å². The average Bonchev–Trinajstić information content (AvgIpc) is 3.08. The van der Waals surface area contributed by atoms with E-state index in [1.165, 1.54) is 17.8 Å². The Morgan fingerprint density at radius 3 is 2.59 bits per heavy atom. The number of nitrogens with zero attached hydrogens (tertiary/aromatic N) is 2. The predicted molar refractivity (Wildman–Crippen MR) is 119 cm³/mol. The summed E-state index contributed by atoms with van der Waals surface area (Å²) in [5, 5.41) is 11.9. The Balaban J connectivity index is 1.68. The van der Waals surface area contributed by atoms with Crippen molar-refractivity contribution in [1.29, 1.82) is 0 Å². The molecule has 0 saturated carbocycles. The van der Waals surface area contributed by atoms with Gasteiger partial charge in [0.15, 0.2) is 0 Å². The van der Waals surface area contributed by atoms with Gasteiger partial charge in [-0.2, -0.15) is 0 Å². The van der Waals surface area contributed by atoms with Gasteiger partial charge in [0.25, 0.3) is 0 Å². The summed E-state index contributed by atoms with van der Waals surface area (Å²) in [6.45, 7) is 6.87. The molecular formula is C22H24BrFN2O2S. The van der Waals surface area contributed by atoms with Gasteiger partial charge in [0.2, 0.25) is 0 Å². The van der Waals surface area contributed by atoms with Gasteiger partial charge in [-0.3, -0.25) is 4.90 Å². The van der Waals surface area contributed by atoms with E-state index in [0.29, 0.717) is 12.3 Å². The van der Waals surface area contributed by atoms with Gasteiger partial charge in [0.1, 0.15) is 11.6 Å². The number of phenols is 1. The number of aromatic hydroxyl groups is 1. The molecule has 29 heavy (non-hydrogen) atoms. The highest BCUT2D eigenvalue weighted by molar-refractivity contribution is 9.10. The van der Waals surface area contributed by atoms with Crippen LogP contribution in [0.3, 0.4) is 0 Å². The topological polar surface area (TPSA) is 37.6 Å². The van der Waals surface area contributed by atoms with E-state index in [-0.39, 0.29) is 5.82 Å². The van der Waals surface area contributed by atoms with Crippen LogP contribution in [0.15, 0.2) is 45.8 Å². The normalized spacial score (nSPS) is 15.3. The monoisotopic (exact) mass is 478 g/mol. The van der Waals surface area contributed by atoms with Crippen molar-refractivity contribution in [3.63, 3.8) is 0 Å². The van der Waals surface area contributed by atoms with E-state index in [1.54, 1.807) is 11.8 Å². The lowest BCUT2D eigenvalue weighted by Gasteiger charge is -2.27. The number of fused-ring (bicyclic) bond motifs is 1. The lowest BCUT2D eigenvalue weighted by molar-refractivity contribution is 0.0340. The SMILES string of the molecule is CCn1c(CSc2ccc(F)cc2)cc2c(CN3CCOCC3)c(O)c(Br)cc21. The highest BCUT2D eigenvalue weighted by atomic mass is 79.9. The fourth-order valence-electron chi connectivity index (χ4n) is 3.80. The fourth-order valence-corrected chi connectivity index (χ4v) is 5.14. The van der Waals surface area contributed by atoms with Crippen LogP contribution in [0.1, 0.15) is 18.2 Å². The number of hydrogen-bond acceptors (Lipinski definition) is 4. The van der Waals surface area contributed by atoms with Crippen LogP contribution in [0.25, 0.3) is 10.9 Å². The van der Waals surface area contributed by atoms with E-state index in [2.05, 4.69) is 38.4 Å². The molecule has 154 valence electrons. The largest absolute Gasteiger partial charge is 0.506 e. The van der Waals surface area contributed by atoms with E-state index in [1.807, 2.05) is 18.2 Å². The number of rotatable bonds is 6. The summed E-state index contributed by atoms with van der Waals surface area (Å²) in [5.74, 6) is 0.879. The van der Waals surface area contributed by atoms with Crippen molar-refractivity contribution in [2.45, 2.75) is 30.7 Å². The minimum atomic E-state index is -0.217. The molecule has 0 bridgehead atoms. The first-order valence-electron chi connectivity index (χ1n) is 9.77. The van der Waals surface area contributed by atoms with Crippen LogP contribution in [0, 0.1) is 5.82 Å². The van der Waals surface area contributed by atoms with Crippen molar-refractivity contribution in [3.05, 3.63) is 57.9 Å². The molecule has 4 rings (SSSR count). The standard InChI is InChI=1S/C22H24BrFN2O2S/c1-2-26-16(14-29-17-5-3-15(24)4-6-17)11-18-19(13-25-7-9-28-10-8-25)22(27)20(23)12-21(18)26/h3-6,11-12,27H,2,7-10,13-14H2,1H3. The highest BCUT2D eigenvalue weighted by Gasteiger charge is 2.20. The first kappa shape index (κ1) is 20.7. The molecule has 0 unspecified atom stereocenters. The van der Waals surface area contributed by atoms with Gasteiger partial charge in [-0.05, 0) is 59.3 Å². The molecule has 0 aliphatic carbocycles. The molecule has 4 nitrogen and oxygen atoms in total. The van der Waals surface area contributed by atoms with Crippen molar-refractivity contribution in [2.24, 2.45) is 0 Å². The number of aryl methyl sites for hydroxylation is 1. The Kier molecular flexibility index (Phi) is 6.49. The molecule has 2 aromatic carbocycles. The van der Waals surface area contributed by atoms with Crippen molar-refractivity contribution in [3.8, 4) is 5.75 Å². The second-order valence-electron chi connectivity index (χ2n) is 7.13. The third-order valence-electron chi connectivity index (χ3n) is 5.33. The van der Waals surface area contributed by atoms with Gasteiger partial charge in [-0.1, -0.05) is 0 Å². The predicted octanol–water partition coefficient (Wildman–Crippen LogP) is 5.39. The molecule has 0 amide bonds. The van der Waals surface area contributed by atoms with Crippen molar-refractivity contribution < 1.29 is 14.2 Å². The van der Waals surface area contributed by atoms with Crippen LogP contribution in [0.2, 0.25) is 0 Å². The lowest BCUT2D eigenvalue weighted by Crippen LogP contribution is -2.35. The zero-order chi connectivity index (χ0) is 20.4. The average molecular weight is 479 g/mol. The fraction of sp³-hybridized carbons (Fsp3) is 0.364. The summed E-state index contributed by atoms with van der Waals surface area (Å²) in [6, 6.07) is 10.8. The third kappa shape index (κ3) is 4.48. The number of aromatic nitrogens is 1. The van der Waals surface area contributed by atoms with Crippen LogP contribution < -0.4 is 0 Å². The molecule has 0 radical (unpaired) electrons. The van der Waals surface area contributed by atoms with Gasteiger partial charge in [-0.25, -0.2) is 4.39 Å². The van der Waals surface area contributed by atoms with E-state index in [4.69, 9.17) is 4.74 Å². The summed E-state index contributed by atoms with van der Waals surface area (Å²) < 4.78 is 21.6. The number of ether oxygens (including phenoxy) is 1. The molecule has 0 spiro atoms. The second kappa shape index (κ2) is 9.08. The zero-order valence-corrected chi connectivity index (χ0v) is 18.7. The van der Waals surface area contributed by atoms with E-state index in [0.717, 1.165) is 64.4 Å². The smallest absolute Gasteiger partial charge is 0.135 e. The number of thioether (sulfide) groups is 1. The van der Waals surface area contributed by atoms with Crippen molar-refractivity contribution in [1.82, 2.24) is 9.47 Å². The molecule has 1 saturated heterocycles.